The number of hydrogen-bond donors (Lipinski definition) is 1. The van der Waals surface area contributed by atoms with Gasteiger partial charge in [-0.3, -0.25) is 9.69 Å². The zero-order valence-electron chi connectivity index (χ0n) is 18.8. The molecular weight excluding hydrogens is 571 g/mol. The molecule has 1 heterocycles. The molecule has 0 bridgehead atoms. The first kappa shape index (κ1) is 26.0. The van der Waals surface area contributed by atoms with Crippen molar-refractivity contribution < 1.29 is 28.9 Å². The molecule has 8 nitrogen and oxygen atoms in total. The Morgan fingerprint density at radius 2 is 2.00 bits per heavy atom. The molecule has 1 aliphatic rings. The van der Waals surface area contributed by atoms with Crippen LogP contribution in [0.3, 0.4) is 0 Å². The number of halogens is 1. The highest BCUT2D eigenvalue weighted by Gasteiger charge is 2.33. The zero-order chi connectivity index (χ0) is 24.5. The Morgan fingerprint density at radius 3 is 2.68 bits per heavy atom. The maximum absolute atomic E-state index is 13.2. The number of methoxy groups -OCH3 is 1. The zero-order valence-corrected chi connectivity index (χ0v) is 21.8. The van der Waals surface area contributed by atoms with Gasteiger partial charge in [-0.1, -0.05) is 18.2 Å². The van der Waals surface area contributed by atoms with E-state index < -0.39 is 12.6 Å². The lowest BCUT2D eigenvalue weighted by Gasteiger charge is -2.15. The Labute approximate surface area is 216 Å². The van der Waals surface area contributed by atoms with E-state index in [4.69, 9.17) is 19.3 Å². The minimum Gasteiger partial charge on any atom is -0.490 e. The van der Waals surface area contributed by atoms with Gasteiger partial charge in [-0.05, 0) is 83.6 Å². The van der Waals surface area contributed by atoms with E-state index in [0.29, 0.717) is 51.3 Å². The highest BCUT2D eigenvalue weighted by Crippen LogP contribution is 2.38. The van der Waals surface area contributed by atoms with Crippen molar-refractivity contribution in [1.82, 2.24) is 4.90 Å². The van der Waals surface area contributed by atoms with Gasteiger partial charge in [-0.15, -0.1) is 0 Å². The van der Waals surface area contributed by atoms with E-state index in [1.165, 1.54) is 11.8 Å². The molecule has 2 aromatic rings. The number of nitrogens with zero attached hydrogens (tertiary/aromatic N) is 2. The first-order chi connectivity index (χ1) is 16.4. The standard InChI is InChI=1S/C24H25IN2O6S/c1-3-32-19-13-16(12-18(25)22(19)33-15-21(28)29)14-20-23(30)27(10-7-11-31-2)24(34-20)26-17-8-5-4-6-9-17/h4-6,8-9,12-14H,3,7,10-11,15H2,1-2H3,(H,28,29)/b20-14-,26-24?. The number of rotatable bonds is 11. The molecule has 0 spiro atoms. The molecule has 3 rings (SSSR count). The van der Waals surface area contributed by atoms with Crippen molar-refractivity contribution >= 4 is 63.2 Å². The first-order valence-corrected chi connectivity index (χ1v) is 12.5. The Morgan fingerprint density at radius 1 is 1.24 bits per heavy atom. The molecular formula is C24H25IN2O6S. The molecule has 0 atom stereocenters. The van der Waals surface area contributed by atoms with Gasteiger partial charge in [0.1, 0.15) is 0 Å². The maximum atomic E-state index is 13.2. The van der Waals surface area contributed by atoms with E-state index in [1.807, 2.05) is 43.3 Å². The third kappa shape index (κ3) is 6.97. The molecule has 34 heavy (non-hydrogen) atoms. The molecule has 0 aromatic heterocycles. The summed E-state index contributed by atoms with van der Waals surface area (Å²) in [6.07, 6.45) is 2.47. The summed E-state index contributed by atoms with van der Waals surface area (Å²) in [6, 6.07) is 13.1. The molecule has 1 N–H and O–H groups in total. The van der Waals surface area contributed by atoms with E-state index >= 15 is 0 Å². The Kier molecular flexibility index (Phi) is 9.78. The van der Waals surface area contributed by atoms with Gasteiger partial charge in [-0.25, -0.2) is 9.79 Å². The van der Waals surface area contributed by atoms with Gasteiger partial charge in [0, 0.05) is 20.3 Å². The molecule has 0 aliphatic carbocycles. The normalized spacial score (nSPS) is 15.9. The number of carboxylic acid groups (broad SMARTS) is 1. The summed E-state index contributed by atoms with van der Waals surface area (Å²) in [7, 11) is 1.63. The molecule has 0 radical (unpaired) electrons. The second-order valence-electron chi connectivity index (χ2n) is 7.09. The molecule has 1 aliphatic heterocycles. The average Bonchev–Trinajstić information content (AvgIpc) is 3.08. The number of benzene rings is 2. The first-order valence-electron chi connectivity index (χ1n) is 10.6. The number of thioether (sulfide) groups is 1. The summed E-state index contributed by atoms with van der Waals surface area (Å²) in [6.45, 7) is 2.78. The van der Waals surface area contributed by atoms with Gasteiger partial charge in [0.15, 0.2) is 23.3 Å². The SMILES string of the molecule is CCOc1cc(/C=C2\SC(=Nc3ccccc3)N(CCCOC)C2=O)cc(I)c1OCC(=O)O. The topological polar surface area (TPSA) is 97.7 Å². The number of amidine groups is 1. The summed E-state index contributed by atoms with van der Waals surface area (Å²) < 4.78 is 16.9. The van der Waals surface area contributed by atoms with E-state index in [0.717, 1.165) is 11.3 Å². The quantitative estimate of drug-likeness (QED) is 0.226. The number of hydrogen-bond acceptors (Lipinski definition) is 7. The molecule has 1 saturated heterocycles. The fourth-order valence-electron chi connectivity index (χ4n) is 3.13. The maximum Gasteiger partial charge on any atom is 0.341 e. The fraction of sp³-hybridized carbons (Fsp3) is 0.292. The van der Waals surface area contributed by atoms with Crippen LogP contribution in [0.25, 0.3) is 6.08 Å². The van der Waals surface area contributed by atoms with Crippen LogP contribution >= 0.6 is 34.4 Å². The van der Waals surface area contributed by atoms with Crippen molar-refractivity contribution in [3.63, 3.8) is 0 Å². The number of ether oxygens (including phenoxy) is 3. The van der Waals surface area contributed by atoms with Gasteiger partial charge in [-0.2, -0.15) is 0 Å². The fourth-order valence-corrected chi connectivity index (χ4v) is 4.93. The number of aliphatic carboxylic acids is 1. The van der Waals surface area contributed by atoms with Gasteiger partial charge in [0.05, 0.1) is 20.8 Å². The second-order valence-corrected chi connectivity index (χ2v) is 9.26. The highest BCUT2D eigenvalue weighted by molar-refractivity contribution is 14.1. The molecule has 2 aromatic carbocycles. The van der Waals surface area contributed by atoms with Crippen LogP contribution in [0.2, 0.25) is 0 Å². The number of para-hydroxylation sites is 1. The highest BCUT2D eigenvalue weighted by atomic mass is 127. The third-order valence-electron chi connectivity index (χ3n) is 4.57. The van der Waals surface area contributed by atoms with Crippen molar-refractivity contribution in [3.8, 4) is 11.5 Å². The van der Waals surface area contributed by atoms with Crippen LogP contribution in [0.1, 0.15) is 18.9 Å². The van der Waals surface area contributed by atoms with E-state index in [1.54, 1.807) is 24.2 Å². The van der Waals surface area contributed by atoms with Crippen molar-refractivity contribution in [2.24, 2.45) is 4.99 Å². The van der Waals surface area contributed by atoms with E-state index in [2.05, 4.69) is 27.6 Å². The number of amides is 1. The molecule has 0 unspecified atom stereocenters. The third-order valence-corrected chi connectivity index (χ3v) is 6.38. The van der Waals surface area contributed by atoms with E-state index in [-0.39, 0.29) is 5.91 Å². The van der Waals surface area contributed by atoms with Crippen LogP contribution in [-0.2, 0) is 14.3 Å². The van der Waals surface area contributed by atoms with Crippen LogP contribution < -0.4 is 9.47 Å². The number of carbonyl (C=O) groups is 2. The smallest absolute Gasteiger partial charge is 0.341 e. The lowest BCUT2D eigenvalue weighted by molar-refractivity contribution is -0.139. The second kappa shape index (κ2) is 12.8. The Bertz CT molecular complexity index is 1090. The van der Waals surface area contributed by atoms with Crippen LogP contribution in [0.15, 0.2) is 52.4 Å². The molecule has 10 heteroatoms. The van der Waals surface area contributed by atoms with Crippen molar-refractivity contribution in [1.29, 1.82) is 0 Å². The predicted molar refractivity (Wildman–Crippen MR) is 141 cm³/mol. The van der Waals surface area contributed by atoms with Crippen molar-refractivity contribution in [3.05, 3.63) is 56.5 Å². The van der Waals surface area contributed by atoms with Crippen LogP contribution in [0.4, 0.5) is 5.69 Å². The van der Waals surface area contributed by atoms with Gasteiger partial charge in [0.25, 0.3) is 5.91 Å². The Balaban J connectivity index is 1.93. The monoisotopic (exact) mass is 596 g/mol. The van der Waals surface area contributed by atoms with Gasteiger partial charge < -0.3 is 19.3 Å². The Hall–Kier alpha value is -2.57. The number of carbonyl (C=O) groups excluding carboxylic acids is 1. The van der Waals surface area contributed by atoms with E-state index in [9.17, 15) is 9.59 Å². The summed E-state index contributed by atoms with van der Waals surface area (Å²) in [4.78, 5) is 31.0. The van der Waals surface area contributed by atoms with Crippen molar-refractivity contribution in [2.75, 3.05) is 33.5 Å². The van der Waals surface area contributed by atoms with Gasteiger partial charge >= 0.3 is 5.97 Å². The summed E-state index contributed by atoms with van der Waals surface area (Å²) in [5.74, 6) is -0.413. The number of aliphatic imine (C=N–C) groups is 1. The average molecular weight is 596 g/mol. The van der Waals surface area contributed by atoms with Crippen molar-refractivity contribution in [2.45, 2.75) is 13.3 Å². The summed E-state index contributed by atoms with van der Waals surface area (Å²) in [5, 5.41) is 9.56. The molecule has 180 valence electrons. The number of carboxylic acids is 1. The van der Waals surface area contributed by atoms with Crippen LogP contribution in [-0.4, -0.2) is 60.5 Å². The van der Waals surface area contributed by atoms with Crippen LogP contribution in [0.5, 0.6) is 11.5 Å². The lowest BCUT2D eigenvalue weighted by atomic mass is 10.2. The van der Waals surface area contributed by atoms with Crippen LogP contribution in [0, 0.1) is 3.57 Å². The largest absolute Gasteiger partial charge is 0.490 e. The minimum atomic E-state index is -1.07. The van der Waals surface area contributed by atoms with Gasteiger partial charge in [0.2, 0.25) is 0 Å². The molecule has 0 saturated carbocycles. The molecule has 1 fully saturated rings. The molecule has 1 amide bonds. The lowest BCUT2D eigenvalue weighted by Crippen LogP contribution is -2.30. The predicted octanol–water partition coefficient (Wildman–Crippen LogP) is 4.79. The minimum absolute atomic E-state index is 0.130. The summed E-state index contributed by atoms with van der Waals surface area (Å²) >= 11 is 3.38. The summed E-state index contributed by atoms with van der Waals surface area (Å²) in [5.41, 5.74) is 1.51.